The third-order valence-corrected chi connectivity index (χ3v) is 9.73. The first-order valence-electron chi connectivity index (χ1n) is 14.5. The van der Waals surface area contributed by atoms with Gasteiger partial charge in [0.15, 0.2) is 5.69 Å². The van der Waals surface area contributed by atoms with Crippen LogP contribution in [0, 0.1) is 18.7 Å². The fourth-order valence-corrected chi connectivity index (χ4v) is 6.86. The van der Waals surface area contributed by atoms with Gasteiger partial charge in [-0.3, -0.25) is 0 Å². The number of nitrogens with two attached hydrogens (primary N) is 1. The third kappa shape index (κ3) is 6.38. The van der Waals surface area contributed by atoms with Gasteiger partial charge in [0.05, 0.1) is 11.5 Å². The van der Waals surface area contributed by atoms with Crippen LogP contribution in [0.25, 0.3) is 33.0 Å². The van der Waals surface area contributed by atoms with Gasteiger partial charge in [0, 0.05) is 28.4 Å². The molecule has 2 heterocycles. The van der Waals surface area contributed by atoms with E-state index in [-0.39, 0.29) is 17.3 Å². The highest BCUT2D eigenvalue weighted by molar-refractivity contribution is 7.89. The van der Waals surface area contributed by atoms with Crippen molar-refractivity contribution in [3.63, 3.8) is 0 Å². The molecular weight excluding hydrogens is 598 g/mol. The number of nitrogens with zero attached hydrogens (tertiary/aromatic N) is 2. The Kier molecular flexibility index (Phi) is 8.24. The molecule has 0 saturated heterocycles. The summed E-state index contributed by atoms with van der Waals surface area (Å²) < 4.78 is 45.4. The lowest BCUT2D eigenvalue weighted by atomic mass is 10.0. The van der Waals surface area contributed by atoms with Crippen molar-refractivity contribution in [2.24, 2.45) is 11.1 Å². The van der Waals surface area contributed by atoms with Gasteiger partial charge < -0.3 is 9.30 Å². The Morgan fingerprint density at radius 3 is 2.36 bits per heavy atom. The second-order valence-electron chi connectivity index (χ2n) is 11.0. The van der Waals surface area contributed by atoms with Crippen LogP contribution in [-0.2, 0) is 27.7 Å². The Morgan fingerprint density at radius 2 is 1.70 bits per heavy atom. The predicted octanol–water partition coefficient (Wildman–Crippen LogP) is 7.22. The smallest absolute Gasteiger partial charge is 0.358 e. The highest BCUT2D eigenvalue weighted by Crippen LogP contribution is 2.42. The molecule has 10 heteroatoms. The number of sulfonamides is 1. The molecule has 2 aromatic heterocycles. The van der Waals surface area contributed by atoms with Crippen molar-refractivity contribution in [2.45, 2.75) is 44.6 Å². The molecule has 0 unspecified atom stereocenters. The number of aromatic nitrogens is 2. The quantitative estimate of drug-likeness (QED) is 0.164. The number of aryl methyl sites for hydroxylation is 1. The molecule has 0 spiro atoms. The Morgan fingerprint density at radius 1 is 1.02 bits per heavy atom. The molecule has 1 aliphatic carbocycles. The normalized spacial score (nSPS) is 13.3. The summed E-state index contributed by atoms with van der Waals surface area (Å²) in [6, 6.07) is 23.2. The lowest BCUT2D eigenvalue weighted by Crippen LogP contribution is -2.12. The fraction of sp³-hybridized carbons (Fsp3) is 0.235. The molecule has 1 saturated carbocycles. The first kappa shape index (κ1) is 29.9. The molecule has 0 amide bonds. The van der Waals surface area contributed by atoms with Crippen molar-refractivity contribution in [2.75, 3.05) is 6.61 Å². The van der Waals surface area contributed by atoms with Crippen molar-refractivity contribution in [3.05, 3.63) is 107 Å². The van der Waals surface area contributed by atoms with Crippen molar-refractivity contribution >= 4 is 27.3 Å². The second kappa shape index (κ2) is 12.1. The summed E-state index contributed by atoms with van der Waals surface area (Å²) in [4.78, 5) is 18.3. The number of carbonyl (C=O) groups is 1. The number of hydrogen-bond donors (Lipinski definition) is 1. The number of esters is 1. The molecule has 2 N–H and O–H groups in total. The van der Waals surface area contributed by atoms with Gasteiger partial charge in [-0.1, -0.05) is 42.5 Å². The van der Waals surface area contributed by atoms with E-state index in [1.165, 1.54) is 35.6 Å². The Labute approximate surface area is 260 Å². The number of carbonyl (C=O) groups excluding carboxylic acids is 1. The van der Waals surface area contributed by atoms with Crippen molar-refractivity contribution in [1.82, 2.24) is 9.55 Å². The zero-order valence-corrected chi connectivity index (χ0v) is 26.1. The van der Waals surface area contributed by atoms with Gasteiger partial charge in [-0.2, -0.15) is 0 Å². The summed E-state index contributed by atoms with van der Waals surface area (Å²) in [6.45, 7) is 4.39. The van der Waals surface area contributed by atoms with E-state index in [9.17, 15) is 17.6 Å². The molecule has 0 radical (unpaired) electrons. The summed E-state index contributed by atoms with van der Waals surface area (Å²) in [5, 5.41) is 6.09. The third-order valence-electron chi connectivity index (χ3n) is 7.79. The number of halogens is 1. The average molecular weight is 630 g/mol. The maximum absolute atomic E-state index is 14.1. The summed E-state index contributed by atoms with van der Waals surface area (Å²) in [6.07, 6.45) is 3.12. The van der Waals surface area contributed by atoms with E-state index in [1.54, 1.807) is 25.1 Å². The van der Waals surface area contributed by atoms with E-state index >= 15 is 0 Å². The average Bonchev–Trinajstić information content (AvgIpc) is 3.64. The Hall–Kier alpha value is -4.12. The van der Waals surface area contributed by atoms with Crippen LogP contribution in [0.1, 0.15) is 46.4 Å². The SMILES string of the molecule is CCOC(=O)c1nc(-c2cc(-c3cccc(-c4cccc(F)c4)c3)n(Cc3ccc(S(N)(=O)=O)cc3)c2CC2CC2)sc1C. The minimum Gasteiger partial charge on any atom is -0.461 e. The first-order chi connectivity index (χ1) is 21.1. The zero-order valence-electron chi connectivity index (χ0n) is 24.4. The van der Waals surface area contributed by atoms with E-state index in [0.717, 1.165) is 68.4 Å². The van der Waals surface area contributed by atoms with Crippen LogP contribution in [0.3, 0.4) is 0 Å². The van der Waals surface area contributed by atoms with E-state index in [4.69, 9.17) is 14.9 Å². The molecule has 3 aromatic carbocycles. The van der Waals surface area contributed by atoms with Crippen LogP contribution in [0.15, 0.2) is 83.8 Å². The number of benzene rings is 3. The minimum absolute atomic E-state index is 0.0559. The van der Waals surface area contributed by atoms with Gasteiger partial charge in [-0.05, 0) is 97.7 Å². The minimum atomic E-state index is -3.82. The van der Waals surface area contributed by atoms with E-state index < -0.39 is 16.0 Å². The molecule has 226 valence electrons. The largest absolute Gasteiger partial charge is 0.461 e. The number of ether oxygens (including phenoxy) is 1. The van der Waals surface area contributed by atoms with E-state index in [2.05, 4.69) is 10.6 Å². The van der Waals surface area contributed by atoms with Gasteiger partial charge in [-0.25, -0.2) is 27.7 Å². The number of rotatable bonds is 10. The van der Waals surface area contributed by atoms with Crippen LogP contribution >= 0.6 is 11.3 Å². The van der Waals surface area contributed by atoms with Gasteiger partial charge in [0.1, 0.15) is 10.8 Å². The highest BCUT2D eigenvalue weighted by Gasteiger charge is 2.29. The molecule has 44 heavy (non-hydrogen) atoms. The summed E-state index contributed by atoms with van der Waals surface area (Å²) in [5.41, 5.74) is 6.81. The molecule has 0 bridgehead atoms. The molecule has 7 nitrogen and oxygen atoms in total. The number of thiazole rings is 1. The standard InChI is InChI=1S/C34H32FN3O4S2/c1-3-42-34(39)32-21(2)43-33(37-32)29-19-30(26-8-4-6-24(17-26)25-7-5-9-27(35)18-25)38(31(29)16-22-10-11-22)20-23-12-14-28(15-13-23)44(36,40)41/h4-9,12-15,17-19,22H,3,10-11,16,20H2,1-2H3,(H2,36,40,41). The lowest BCUT2D eigenvalue weighted by Gasteiger charge is -2.16. The van der Waals surface area contributed by atoms with Gasteiger partial charge >= 0.3 is 5.97 Å². The maximum Gasteiger partial charge on any atom is 0.358 e. The van der Waals surface area contributed by atoms with Gasteiger partial charge in [0.25, 0.3) is 0 Å². The fourth-order valence-electron chi connectivity index (χ4n) is 5.40. The first-order valence-corrected chi connectivity index (χ1v) is 16.8. The monoisotopic (exact) mass is 629 g/mol. The second-order valence-corrected chi connectivity index (χ2v) is 13.8. The molecular formula is C34H32FN3O4S2. The molecule has 6 rings (SSSR count). The summed E-state index contributed by atoms with van der Waals surface area (Å²) in [7, 11) is -3.82. The topological polar surface area (TPSA) is 104 Å². The zero-order chi connectivity index (χ0) is 31.0. The van der Waals surface area contributed by atoms with Crippen LogP contribution in [0.2, 0.25) is 0 Å². The summed E-state index contributed by atoms with van der Waals surface area (Å²) in [5.74, 6) is -0.192. The van der Waals surface area contributed by atoms with Crippen LogP contribution in [0.5, 0.6) is 0 Å². The lowest BCUT2D eigenvalue weighted by molar-refractivity contribution is 0.0519. The van der Waals surface area contributed by atoms with E-state index in [1.807, 2.05) is 37.3 Å². The van der Waals surface area contributed by atoms with Gasteiger partial charge in [0.2, 0.25) is 10.0 Å². The molecule has 0 aliphatic heterocycles. The van der Waals surface area contributed by atoms with Crippen LogP contribution in [0.4, 0.5) is 4.39 Å². The van der Waals surface area contributed by atoms with Gasteiger partial charge in [-0.15, -0.1) is 11.3 Å². The number of hydrogen-bond acceptors (Lipinski definition) is 6. The predicted molar refractivity (Wildman–Crippen MR) is 170 cm³/mol. The maximum atomic E-state index is 14.1. The number of primary sulfonamides is 1. The summed E-state index contributed by atoms with van der Waals surface area (Å²) >= 11 is 1.47. The van der Waals surface area contributed by atoms with Crippen molar-refractivity contribution in [3.8, 4) is 33.0 Å². The molecule has 5 aromatic rings. The highest BCUT2D eigenvalue weighted by atomic mass is 32.2. The molecule has 0 atom stereocenters. The van der Waals surface area contributed by atoms with Crippen LogP contribution in [-0.4, -0.2) is 30.5 Å². The van der Waals surface area contributed by atoms with Crippen molar-refractivity contribution < 1.29 is 22.3 Å². The van der Waals surface area contributed by atoms with Crippen molar-refractivity contribution in [1.29, 1.82) is 0 Å². The Balaban J connectivity index is 1.52. The van der Waals surface area contributed by atoms with E-state index in [0.29, 0.717) is 18.2 Å². The molecule has 1 aliphatic rings. The Bertz CT molecular complexity index is 1960. The van der Waals surface area contributed by atoms with Crippen LogP contribution < -0.4 is 5.14 Å². The molecule has 1 fully saturated rings.